The normalized spacial score (nSPS) is 11.5. The molecule has 2 N–H and O–H groups in total. The summed E-state index contributed by atoms with van der Waals surface area (Å²) < 4.78 is 28.4. The summed E-state index contributed by atoms with van der Waals surface area (Å²) in [5.41, 5.74) is 1.91. The SMILES string of the molecule is CN(C)S(=O)(=O)c1cc(NCc2ccccc2)cc(C(=O)NCCCn2ccnc2)c1. The van der Waals surface area contributed by atoms with Crippen LogP contribution < -0.4 is 10.6 Å². The van der Waals surface area contributed by atoms with E-state index in [9.17, 15) is 13.2 Å². The predicted octanol–water partition coefficient (Wildman–Crippen LogP) is 2.57. The zero-order chi connectivity index (χ0) is 22.3. The van der Waals surface area contributed by atoms with Crippen LogP contribution >= 0.6 is 0 Å². The monoisotopic (exact) mass is 441 g/mol. The fourth-order valence-corrected chi connectivity index (χ4v) is 3.95. The molecule has 0 unspecified atom stereocenters. The highest BCUT2D eigenvalue weighted by molar-refractivity contribution is 7.89. The van der Waals surface area contributed by atoms with E-state index in [2.05, 4.69) is 15.6 Å². The van der Waals surface area contributed by atoms with Gasteiger partial charge in [-0.1, -0.05) is 30.3 Å². The van der Waals surface area contributed by atoms with Gasteiger partial charge in [-0.05, 0) is 30.2 Å². The van der Waals surface area contributed by atoms with E-state index in [0.717, 1.165) is 22.8 Å². The van der Waals surface area contributed by atoms with Crippen LogP contribution in [-0.4, -0.2) is 48.8 Å². The molecule has 0 radical (unpaired) electrons. The Kier molecular flexibility index (Phi) is 7.43. The molecule has 0 saturated heterocycles. The number of nitrogens with one attached hydrogen (secondary N) is 2. The van der Waals surface area contributed by atoms with E-state index in [1.54, 1.807) is 24.7 Å². The minimum Gasteiger partial charge on any atom is -0.381 e. The van der Waals surface area contributed by atoms with E-state index < -0.39 is 10.0 Å². The third-order valence-corrected chi connectivity index (χ3v) is 6.52. The molecule has 1 aromatic heterocycles. The van der Waals surface area contributed by atoms with Crippen molar-refractivity contribution in [2.75, 3.05) is 26.0 Å². The molecule has 0 bridgehead atoms. The average molecular weight is 442 g/mol. The van der Waals surface area contributed by atoms with Crippen molar-refractivity contribution >= 4 is 21.6 Å². The van der Waals surface area contributed by atoms with Crippen molar-refractivity contribution in [3.63, 3.8) is 0 Å². The number of hydrogen-bond donors (Lipinski definition) is 2. The highest BCUT2D eigenvalue weighted by Crippen LogP contribution is 2.22. The van der Waals surface area contributed by atoms with Crippen molar-refractivity contribution in [2.24, 2.45) is 0 Å². The van der Waals surface area contributed by atoms with Gasteiger partial charge in [0.2, 0.25) is 10.0 Å². The van der Waals surface area contributed by atoms with Crippen LogP contribution in [0.5, 0.6) is 0 Å². The van der Waals surface area contributed by atoms with E-state index in [-0.39, 0.29) is 10.8 Å². The second-order valence-electron chi connectivity index (χ2n) is 7.28. The Bertz CT molecular complexity index is 1100. The van der Waals surface area contributed by atoms with E-state index in [4.69, 9.17) is 0 Å². The molecule has 1 amide bonds. The molecular weight excluding hydrogens is 414 g/mol. The second kappa shape index (κ2) is 10.2. The first-order valence-electron chi connectivity index (χ1n) is 9.95. The van der Waals surface area contributed by atoms with E-state index in [0.29, 0.717) is 24.3 Å². The topological polar surface area (TPSA) is 96.3 Å². The summed E-state index contributed by atoms with van der Waals surface area (Å²) >= 11 is 0. The van der Waals surface area contributed by atoms with Crippen LogP contribution in [0.15, 0.2) is 72.1 Å². The lowest BCUT2D eigenvalue weighted by atomic mass is 10.1. The van der Waals surface area contributed by atoms with E-state index in [1.165, 1.54) is 20.2 Å². The number of aromatic nitrogens is 2. The Labute approximate surface area is 183 Å². The smallest absolute Gasteiger partial charge is 0.251 e. The molecule has 0 fully saturated rings. The molecule has 31 heavy (non-hydrogen) atoms. The first-order chi connectivity index (χ1) is 14.9. The number of hydrogen-bond acceptors (Lipinski definition) is 5. The molecule has 1 heterocycles. The van der Waals surface area contributed by atoms with Gasteiger partial charge in [-0.2, -0.15) is 0 Å². The largest absolute Gasteiger partial charge is 0.381 e. The van der Waals surface area contributed by atoms with Gasteiger partial charge < -0.3 is 15.2 Å². The summed E-state index contributed by atoms with van der Waals surface area (Å²) in [6.07, 6.45) is 6.03. The fraction of sp³-hybridized carbons (Fsp3) is 0.273. The van der Waals surface area contributed by atoms with Crippen molar-refractivity contribution in [3.8, 4) is 0 Å². The van der Waals surface area contributed by atoms with Crippen LogP contribution in [0.4, 0.5) is 5.69 Å². The van der Waals surface area contributed by atoms with Crippen molar-refractivity contribution < 1.29 is 13.2 Å². The Morgan fingerprint density at radius 3 is 2.58 bits per heavy atom. The lowest BCUT2D eigenvalue weighted by molar-refractivity contribution is 0.0952. The van der Waals surface area contributed by atoms with Crippen molar-refractivity contribution in [1.29, 1.82) is 0 Å². The summed E-state index contributed by atoms with van der Waals surface area (Å²) in [6, 6.07) is 14.4. The molecule has 3 aromatic rings. The van der Waals surface area contributed by atoms with Gasteiger partial charge in [0.15, 0.2) is 0 Å². The van der Waals surface area contributed by atoms with Crippen LogP contribution in [0.1, 0.15) is 22.3 Å². The van der Waals surface area contributed by atoms with Gasteiger partial charge in [-0.25, -0.2) is 17.7 Å². The van der Waals surface area contributed by atoms with Crippen LogP contribution in [0, 0.1) is 0 Å². The molecular formula is C22H27N5O3S. The number of rotatable bonds is 10. The molecule has 0 spiro atoms. The molecule has 0 aliphatic rings. The molecule has 0 saturated carbocycles. The number of nitrogens with zero attached hydrogens (tertiary/aromatic N) is 3. The molecule has 0 atom stereocenters. The van der Waals surface area contributed by atoms with E-state index >= 15 is 0 Å². The summed E-state index contributed by atoms with van der Waals surface area (Å²) in [7, 11) is -0.755. The van der Waals surface area contributed by atoms with Gasteiger partial charge in [-0.15, -0.1) is 0 Å². The lowest BCUT2D eigenvalue weighted by Gasteiger charge is -2.15. The number of imidazole rings is 1. The zero-order valence-electron chi connectivity index (χ0n) is 17.7. The fourth-order valence-electron chi connectivity index (χ4n) is 2.98. The van der Waals surface area contributed by atoms with Crippen LogP contribution in [0.2, 0.25) is 0 Å². The number of aryl methyl sites for hydroxylation is 1. The summed E-state index contributed by atoms with van der Waals surface area (Å²) in [5, 5.41) is 6.08. The maximum absolute atomic E-state index is 12.7. The van der Waals surface area contributed by atoms with Crippen LogP contribution in [-0.2, 0) is 23.1 Å². The molecule has 2 aromatic carbocycles. The molecule has 9 heteroatoms. The number of anilines is 1. The highest BCUT2D eigenvalue weighted by Gasteiger charge is 2.20. The highest BCUT2D eigenvalue weighted by atomic mass is 32.2. The minimum absolute atomic E-state index is 0.0686. The van der Waals surface area contributed by atoms with Crippen LogP contribution in [0.3, 0.4) is 0 Å². The number of amides is 1. The third kappa shape index (κ3) is 6.16. The molecule has 0 aliphatic carbocycles. The van der Waals surface area contributed by atoms with Gasteiger partial charge in [-0.3, -0.25) is 4.79 Å². The summed E-state index contributed by atoms with van der Waals surface area (Å²) in [6.45, 7) is 1.71. The minimum atomic E-state index is -3.69. The first-order valence-corrected chi connectivity index (χ1v) is 11.4. The quantitative estimate of drug-likeness (QED) is 0.472. The van der Waals surface area contributed by atoms with Gasteiger partial charge in [0, 0.05) is 57.4 Å². The zero-order valence-corrected chi connectivity index (χ0v) is 18.5. The van der Waals surface area contributed by atoms with Crippen molar-refractivity contribution in [3.05, 3.63) is 78.4 Å². The van der Waals surface area contributed by atoms with Gasteiger partial charge in [0.1, 0.15) is 0 Å². The maximum Gasteiger partial charge on any atom is 0.251 e. The Hall–Kier alpha value is -3.17. The second-order valence-corrected chi connectivity index (χ2v) is 9.43. The molecule has 3 rings (SSSR count). The summed E-state index contributed by atoms with van der Waals surface area (Å²) in [4.78, 5) is 16.8. The number of sulfonamides is 1. The maximum atomic E-state index is 12.7. The molecule has 8 nitrogen and oxygen atoms in total. The van der Waals surface area contributed by atoms with Crippen molar-refractivity contribution in [1.82, 2.24) is 19.2 Å². The average Bonchev–Trinajstić information content (AvgIpc) is 3.29. The predicted molar refractivity (Wildman–Crippen MR) is 120 cm³/mol. The van der Waals surface area contributed by atoms with Gasteiger partial charge in [0.25, 0.3) is 5.91 Å². The third-order valence-electron chi connectivity index (χ3n) is 4.72. The Balaban J connectivity index is 1.74. The number of benzene rings is 2. The Morgan fingerprint density at radius 2 is 1.90 bits per heavy atom. The molecule has 164 valence electrons. The van der Waals surface area contributed by atoms with Gasteiger partial charge in [0.05, 0.1) is 11.2 Å². The van der Waals surface area contributed by atoms with Crippen molar-refractivity contribution in [2.45, 2.75) is 24.4 Å². The standard InChI is InChI=1S/C22H27N5O3S/c1-26(2)31(29,30)21-14-19(22(28)24-9-6-11-27-12-10-23-17-27)13-20(15-21)25-16-18-7-4-3-5-8-18/h3-5,7-8,10,12-15,17,25H,6,9,11,16H2,1-2H3,(H,24,28). The van der Waals surface area contributed by atoms with Crippen LogP contribution in [0.25, 0.3) is 0 Å². The first kappa shape index (κ1) is 22.5. The van der Waals surface area contributed by atoms with E-state index in [1.807, 2.05) is 41.1 Å². The summed E-state index contributed by atoms with van der Waals surface area (Å²) in [5.74, 6) is -0.316. The van der Waals surface area contributed by atoms with Gasteiger partial charge >= 0.3 is 0 Å². The Morgan fingerprint density at radius 1 is 1.13 bits per heavy atom. The lowest BCUT2D eigenvalue weighted by Crippen LogP contribution is -2.26. The number of carbonyl (C=O) groups excluding carboxylic acids is 1. The number of carbonyl (C=O) groups is 1. The molecule has 0 aliphatic heterocycles.